The summed E-state index contributed by atoms with van der Waals surface area (Å²) in [6.45, 7) is 1.09. The normalized spacial score (nSPS) is 14.2. The zero-order valence-electron chi connectivity index (χ0n) is 16.6. The van der Waals surface area contributed by atoms with Crippen molar-refractivity contribution >= 4 is 17.2 Å². The molecule has 11 heteroatoms. The van der Waals surface area contributed by atoms with Gasteiger partial charge in [0.2, 0.25) is 5.91 Å². The maximum Gasteiger partial charge on any atom is 0.433 e. The fourth-order valence-electron chi connectivity index (χ4n) is 3.16. The molecule has 32 heavy (non-hydrogen) atoms. The summed E-state index contributed by atoms with van der Waals surface area (Å²) in [5.74, 6) is -1.36. The van der Waals surface area contributed by atoms with Gasteiger partial charge in [-0.3, -0.25) is 9.36 Å². The van der Waals surface area contributed by atoms with Crippen LogP contribution in [-0.2, 0) is 22.1 Å². The van der Waals surface area contributed by atoms with Crippen LogP contribution in [-0.4, -0.2) is 38.6 Å². The van der Waals surface area contributed by atoms with Crippen molar-refractivity contribution in [3.63, 3.8) is 0 Å². The van der Waals surface area contributed by atoms with E-state index in [2.05, 4.69) is 20.3 Å². The Balaban J connectivity index is 1.44. The number of imidazole rings is 1. The molecule has 0 spiro atoms. The van der Waals surface area contributed by atoms with Gasteiger partial charge in [0, 0.05) is 12.3 Å². The van der Waals surface area contributed by atoms with Gasteiger partial charge in [-0.25, -0.2) is 19.3 Å². The number of nitrogens with one attached hydrogen (secondary N) is 1. The number of nitrogens with zero attached hydrogens (tertiary/aromatic N) is 4. The third-order valence-corrected chi connectivity index (χ3v) is 4.66. The zero-order chi connectivity index (χ0) is 22.7. The first-order chi connectivity index (χ1) is 15.3. The molecule has 0 atom stereocenters. The number of halogens is 4. The van der Waals surface area contributed by atoms with Crippen LogP contribution in [0.15, 0.2) is 49.1 Å². The van der Waals surface area contributed by atoms with Gasteiger partial charge in [0.05, 0.1) is 42.9 Å². The number of carbonyl (C=O) groups excluding carboxylic acids is 1. The van der Waals surface area contributed by atoms with Crippen LogP contribution in [0.5, 0.6) is 0 Å². The average Bonchev–Trinajstić information content (AvgIpc) is 3.24. The number of pyridine rings is 2. The summed E-state index contributed by atoms with van der Waals surface area (Å²) in [5, 5.41) is 2.41. The van der Waals surface area contributed by atoms with E-state index < -0.39 is 30.0 Å². The molecule has 3 aromatic heterocycles. The fourth-order valence-corrected chi connectivity index (χ4v) is 3.16. The number of carbonyl (C=O) groups is 1. The fraction of sp³-hybridized carbons (Fsp3) is 0.238. The lowest BCUT2D eigenvalue weighted by atomic mass is 10.1. The van der Waals surface area contributed by atoms with Crippen LogP contribution < -0.4 is 5.32 Å². The predicted molar refractivity (Wildman–Crippen MR) is 106 cm³/mol. The second kappa shape index (κ2) is 8.87. The Morgan fingerprint density at radius 3 is 2.81 bits per heavy atom. The first kappa shape index (κ1) is 21.6. The van der Waals surface area contributed by atoms with Crippen LogP contribution >= 0.6 is 0 Å². The Kier molecular flexibility index (Phi) is 5.99. The molecule has 0 saturated carbocycles. The third-order valence-electron chi connectivity index (χ3n) is 4.66. The summed E-state index contributed by atoms with van der Waals surface area (Å²) in [7, 11) is 0. The van der Waals surface area contributed by atoms with E-state index >= 15 is 0 Å². The van der Waals surface area contributed by atoms with Crippen molar-refractivity contribution in [1.29, 1.82) is 0 Å². The van der Waals surface area contributed by atoms with Gasteiger partial charge in [-0.15, -0.1) is 0 Å². The van der Waals surface area contributed by atoms with Gasteiger partial charge in [-0.2, -0.15) is 13.2 Å². The maximum absolute atomic E-state index is 14.6. The number of alkyl halides is 3. The molecule has 7 nitrogen and oxygen atoms in total. The van der Waals surface area contributed by atoms with Gasteiger partial charge >= 0.3 is 6.18 Å². The van der Waals surface area contributed by atoms with E-state index in [4.69, 9.17) is 4.74 Å². The van der Waals surface area contributed by atoms with E-state index in [9.17, 15) is 22.4 Å². The Bertz CT molecular complexity index is 1170. The Morgan fingerprint density at radius 2 is 2.09 bits per heavy atom. The molecular weight excluding hydrogens is 430 g/mol. The highest BCUT2D eigenvalue weighted by Crippen LogP contribution is 2.27. The molecule has 0 aromatic carbocycles. The van der Waals surface area contributed by atoms with Gasteiger partial charge in [0.15, 0.2) is 11.6 Å². The van der Waals surface area contributed by atoms with E-state index in [1.165, 1.54) is 29.2 Å². The monoisotopic (exact) mass is 447 g/mol. The molecule has 4 rings (SSSR count). The molecule has 0 bridgehead atoms. The minimum atomic E-state index is -4.61. The Morgan fingerprint density at radius 1 is 1.25 bits per heavy atom. The summed E-state index contributed by atoms with van der Waals surface area (Å²) in [5.41, 5.74) is 0.616. The highest BCUT2D eigenvalue weighted by atomic mass is 19.4. The minimum Gasteiger partial charge on any atom is -0.377 e. The largest absolute Gasteiger partial charge is 0.433 e. The van der Waals surface area contributed by atoms with Gasteiger partial charge < -0.3 is 10.1 Å². The van der Waals surface area contributed by atoms with Crippen molar-refractivity contribution < 1.29 is 27.1 Å². The first-order valence-electron chi connectivity index (χ1n) is 9.59. The number of ether oxygens (including phenoxy) is 1. The van der Waals surface area contributed by atoms with Crippen molar-refractivity contribution in [2.24, 2.45) is 0 Å². The molecule has 4 heterocycles. The molecule has 0 fully saturated rings. The topological polar surface area (TPSA) is 81.9 Å². The first-order valence-corrected chi connectivity index (χ1v) is 9.59. The zero-order valence-corrected chi connectivity index (χ0v) is 16.6. The molecule has 1 aliphatic heterocycles. The number of anilines is 1. The number of hydrogen-bond donors (Lipinski definition) is 1. The highest BCUT2D eigenvalue weighted by molar-refractivity contribution is 5.91. The third kappa shape index (κ3) is 4.99. The maximum atomic E-state index is 14.6. The second-order valence-corrected chi connectivity index (χ2v) is 6.99. The number of hydrogen-bond acceptors (Lipinski definition) is 5. The van der Waals surface area contributed by atoms with Crippen LogP contribution in [0.1, 0.15) is 23.5 Å². The van der Waals surface area contributed by atoms with Crippen molar-refractivity contribution in [2.45, 2.75) is 19.0 Å². The summed E-state index contributed by atoms with van der Waals surface area (Å²) in [6, 6.07) is 4.37. The second-order valence-electron chi connectivity index (χ2n) is 6.99. The van der Waals surface area contributed by atoms with Crippen molar-refractivity contribution in [3.8, 4) is 5.82 Å². The Labute approximate surface area is 179 Å². The molecule has 1 aliphatic rings. The van der Waals surface area contributed by atoms with Crippen LogP contribution in [0.2, 0.25) is 0 Å². The molecule has 0 aliphatic carbocycles. The lowest BCUT2D eigenvalue weighted by Gasteiger charge is -2.11. The SMILES string of the molecule is O=C(Cc1cccc(C(F)(F)F)n1)Nc1cnc(-n2cnc(C3=CCOCC3)c2)c(F)c1. The lowest BCUT2D eigenvalue weighted by Crippen LogP contribution is -2.17. The summed E-state index contributed by atoms with van der Waals surface area (Å²) in [4.78, 5) is 23.9. The van der Waals surface area contributed by atoms with Crippen molar-refractivity contribution in [2.75, 3.05) is 18.5 Å². The van der Waals surface area contributed by atoms with Gasteiger partial charge in [0.1, 0.15) is 12.0 Å². The van der Waals surface area contributed by atoms with Gasteiger partial charge in [0.25, 0.3) is 0 Å². The molecule has 0 saturated heterocycles. The molecule has 3 aromatic rings. The molecule has 0 radical (unpaired) electrons. The smallest absolute Gasteiger partial charge is 0.377 e. The number of rotatable bonds is 5. The predicted octanol–water partition coefficient (Wildman–Crippen LogP) is 3.81. The van der Waals surface area contributed by atoms with Crippen LogP contribution in [0, 0.1) is 5.82 Å². The summed E-state index contributed by atoms with van der Waals surface area (Å²) < 4.78 is 59.6. The Hall–Kier alpha value is -3.60. The van der Waals surface area contributed by atoms with Gasteiger partial charge in [-0.1, -0.05) is 12.1 Å². The average molecular weight is 447 g/mol. The standard InChI is InChI=1S/C21H17F4N5O2/c22-16-8-15(29-19(31)9-14-2-1-3-18(28-14)21(23,24)25)10-26-20(16)30-11-17(27-12-30)13-4-6-32-7-5-13/h1-4,8,10-12H,5-7,9H2,(H,29,31). The number of aromatic nitrogens is 4. The van der Waals surface area contributed by atoms with E-state index in [1.807, 2.05) is 6.08 Å². The molecule has 1 amide bonds. The quantitative estimate of drug-likeness (QED) is 0.602. The van der Waals surface area contributed by atoms with Crippen LogP contribution in [0.3, 0.4) is 0 Å². The molecule has 166 valence electrons. The number of amides is 1. The van der Waals surface area contributed by atoms with E-state index in [0.29, 0.717) is 25.3 Å². The van der Waals surface area contributed by atoms with Crippen molar-refractivity contribution in [3.05, 3.63) is 72.0 Å². The lowest BCUT2D eigenvalue weighted by molar-refractivity contribution is -0.141. The summed E-state index contributed by atoms with van der Waals surface area (Å²) >= 11 is 0. The highest BCUT2D eigenvalue weighted by Gasteiger charge is 2.32. The van der Waals surface area contributed by atoms with E-state index in [-0.39, 0.29) is 17.2 Å². The molecule has 1 N–H and O–H groups in total. The summed E-state index contributed by atoms with van der Waals surface area (Å²) in [6.07, 6.45) is 1.95. The molecular formula is C21H17F4N5O2. The van der Waals surface area contributed by atoms with Gasteiger partial charge in [-0.05, 0) is 24.1 Å². The van der Waals surface area contributed by atoms with Crippen molar-refractivity contribution in [1.82, 2.24) is 19.5 Å². The molecule has 0 unspecified atom stereocenters. The minimum absolute atomic E-state index is 0.00560. The van der Waals surface area contributed by atoms with Crippen LogP contribution in [0.25, 0.3) is 11.4 Å². The van der Waals surface area contributed by atoms with E-state index in [0.717, 1.165) is 17.7 Å². The van der Waals surface area contributed by atoms with E-state index in [1.54, 1.807) is 6.20 Å². The van der Waals surface area contributed by atoms with Crippen LogP contribution in [0.4, 0.5) is 23.2 Å².